The number of aromatic nitrogens is 2. The van der Waals surface area contributed by atoms with Crippen molar-refractivity contribution in [2.24, 2.45) is 10.9 Å². The number of carbonyl (C=O) groups is 1. The Morgan fingerprint density at radius 2 is 1.95 bits per heavy atom. The molecule has 2 aliphatic heterocycles. The minimum absolute atomic E-state index is 0.0270. The van der Waals surface area contributed by atoms with E-state index in [2.05, 4.69) is 34.2 Å². The van der Waals surface area contributed by atoms with Gasteiger partial charge in [0.2, 0.25) is 0 Å². The van der Waals surface area contributed by atoms with Crippen molar-refractivity contribution >= 4 is 51.4 Å². The quantitative estimate of drug-likeness (QED) is 0.351. The maximum absolute atomic E-state index is 13.4. The van der Waals surface area contributed by atoms with Crippen LogP contribution in [0.4, 0.5) is 13.2 Å². The third kappa shape index (κ3) is 7.43. The maximum Gasteiger partial charge on any atom is 0.416 e. The van der Waals surface area contributed by atoms with Gasteiger partial charge in [-0.3, -0.25) is 14.5 Å². The van der Waals surface area contributed by atoms with Gasteiger partial charge in [-0.15, -0.1) is 0 Å². The van der Waals surface area contributed by atoms with Gasteiger partial charge in [0.25, 0.3) is 5.91 Å². The molecule has 2 fully saturated rings. The number of halogens is 4. The molecule has 0 unspecified atom stereocenters. The lowest BCUT2D eigenvalue weighted by atomic mass is 9.99. The van der Waals surface area contributed by atoms with Gasteiger partial charge in [0, 0.05) is 17.5 Å². The molecule has 3 aromatic rings. The van der Waals surface area contributed by atoms with Crippen molar-refractivity contribution in [1.29, 1.82) is 0 Å². The molecule has 0 bridgehead atoms. The van der Waals surface area contributed by atoms with E-state index < -0.39 is 11.7 Å². The number of likely N-dealkylation sites (tertiary alicyclic amines) is 1. The Morgan fingerprint density at radius 3 is 2.59 bits per heavy atom. The highest BCUT2D eigenvalue weighted by Gasteiger charge is 2.33. The van der Waals surface area contributed by atoms with Crippen molar-refractivity contribution in [1.82, 2.24) is 20.0 Å². The van der Waals surface area contributed by atoms with Crippen LogP contribution in [-0.2, 0) is 17.5 Å². The smallest absolute Gasteiger partial charge is 0.304 e. The van der Waals surface area contributed by atoms with Gasteiger partial charge in [-0.2, -0.15) is 18.3 Å². The number of piperidine rings is 1. The third-order valence-electron chi connectivity index (χ3n) is 6.84. The Morgan fingerprint density at radius 1 is 1.21 bits per heavy atom. The van der Waals surface area contributed by atoms with Crippen LogP contribution in [0.25, 0.3) is 17.0 Å². The Kier molecular flexibility index (Phi) is 9.40. The second-order valence-corrected chi connectivity index (χ2v) is 11.1. The van der Waals surface area contributed by atoms with E-state index in [0.717, 1.165) is 22.9 Å². The molecule has 0 aliphatic carbocycles. The van der Waals surface area contributed by atoms with Gasteiger partial charge >= 0.3 is 6.18 Å². The molecule has 208 valence electrons. The highest BCUT2D eigenvalue weighted by Crippen LogP contribution is 2.34. The first-order valence-electron chi connectivity index (χ1n) is 12.8. The fourth-order valence-corrected chi connectivity index (χ4v) is 5.45. The fraction of sp³-hybridized carbons (Fsp3) is 0.393. The highest BCUT2D eigenvalue weighted by atomic mass is 35.5. The van der Waals surface area contributed by atoms with Crippen LogP contribution in [0.1, 0.15) is 43.4 Å². The monoisotopic (exact) mass is 577 g/mol. The van der Waals surface area contributed by atoms with Gasteiger partial charge in [0.1, 0.15) is 0 Å². The number of hydrogen-bond acceptors (Lipinski definition) is 5. The number of rotatable bonds is 4. The molecule has 6 nitrogen and oxygen atoms in total. The SMILES string of the molecule is CCN1CCC(C)CC1.CN=C1NC(=O)/C(=C/c2ccc3c(cnn3Cc3ccc(Cl)cc3C(F)(F)F)c2)S1. The van der Waals surface area contributed by atoms with Gasteiger partial charge in [-0.05, 0) is 91.6 Å². The van der Waals surface area contributed by atoms with Gasteiger partial charge in [-0.1, -0.05) is 37.6 Å². The minimum atomic E-state index is -4.51. The van der Waals surface area contributed by atoms with Crippen molar-refractivity contribution < 1.29 is 18.0 Å². The largest absolute Gasteiger partial charge is 0.416 e. The van der Waals surface area contributed by atoms with E-state index in [1.54, 1.807) is 31.5 Å². The van der Waals surface area contributed by atoms with Crippen LogP contribution in [0.2, 0.25) is 5.02 Å². The van der Waals surface area contributed by atoms with E-state index in [1.165, 1.54) is 61.1 Å². The summed E-state index contributed by atoms with van der Waals surface area (Å²) >= 11 is 6.99. The Balaban J connectivity index is 0.000000333. The van der Waals surface area contributed by atoms with Crippen molar-refractivity contribution in [2.45, 2.75) is 39.4 Å². The second kappa shape index (κ2) is 12.6. The van der Waals surface area contributed by atoms with E-state index in [1.807, 2.05) is 6.07 Å². The van der Waals surface area contributed by atoms with Crippen LogP contribution < -0.4 is 5.32 Å². The molecule has 0 atom stereocenters. The second-order valence-electron chi connectivity index (χ2n) is 9.63. The summed E-state index contributed by atoms with van der Waals surface area (Å²) in [5, 5.41) is 8.20. The molecule has 2 aliphatic rings. The summed E-state index contributed by atoms with van der Waals surface area (Å²) in [5.74, 6) is 0.756. The summed E-state index contributed by atoms with van der Waals surface area (Å²) in [4.78, 5) is 19.0. The van der Waals surface area contributed by atoms with E-state index >= 15 is 0 Å². The summed E-state index contributed by atoms with van der Waals surface area (Å²) in [5.41, 5.74) is 0.755. The molecule has 2 aromatic carbocycles. The molecular weight excluding hydrogens is 547 g/mol. The molecule has 3 heterocycles. The molecule has 0 saturated carbocycles. The predicted molar refractivity (Wildman–Crippen MR) is 153 cm³/mol. The van der Waals surface area contributed by atoms with E-state index in [9.17, 15) is 18.0 Å². The molecule has 1 amide bonds. The summed E-state index contributed by atoms with van der Waals surface area (Å²) in [6, 6.07) is 9.10. The van der Waals surface area contributed by atoms with Crippen molar-refractivity contribution in [3.8, 4) is 0 Å². The van der Waals surface area contributed by atoms with Crippen molar-refractivity contribution in [3.05, 3.63) is 69.2 Å². The van der Waals surface area contributed by atoms with Crippen LogP contribution in [0.15, 0.2) is 52.5 Å². The van der Waals surface area contributed by atoms with Crippen LogP contribution in [0.5, 0.6) is 0 Å². The number of fused-ring (bicyclic) bond motifs is 1. The van der Waals surface area contributed by atoms with Crippen LogP contribution in [0.3, 0.4) is 0 Å². The zero-order chi connectivity index (χ0) is 28.2. The molecule has 0 radical (unpaired) electrons. The number of aliphatic imine (C=N–C) groups is 1. The lowest BCUT2D eigenvalue weighted by Crippen LogP contribution is -2.32. The first-order chi connectivity index (χ1) is 18.6. The van der Waals surface area contributed by atoms with Crippen LogP contribution in [0, 0.1) is 5.92 Å². The topological polar surface area (TPSA) is 62.5 Å². The molecule has 0 spiro atoms. The average Bonchev–Trinajstić information content (AvgIpc) is 3.47. The number of thioether (sulfide) groups is 1. The van der Waals surface area contributed by atoms with Crippen molar-refractivity contribution in [3.63, 3.8) is 0 Å². The maximum atomic E-state index is 13.4. The summed E-state index contributed by atoms with van der Waals surface area (Å²) in [6.07, 6.45) is 1.63. The van der Waals surface area contributed by atoms with E-state index in [0.29, 0.717) is 15.6 Å². The summed E-state index contributed by atoms with van der Waals surface area (Å²) in [6.45, 7) is 8.45. The van der Waals surface area contributed by atoms with Gasteiger partial charge in [0.05, 0.1) is 28.7 Å². The number of alkyl halides is 3. The minimum Gasteiger partial charge on any atom is -0.304 e. The van der Waals surface area contributed by atoms with Crippen LogP contribution >= 0.6 is 23.4 Å². The lowest BCUT2D eigenvalue weighted by molar-refractivity contribution is -0.138. The molecular formula is C28H31ClF3N5OS. The number of carbonyl (C=O) groups excluding carboxylic acids is 1. The Bertz CT molecular complexity index is 1390. The Hall–Kier alpha value is -2.82. The normalized spacial score (nSPS) is 19.0. The fourth-order valence-electron chi connectivity index (χ4n) is 4.49. The molecule has 11 heteroatoms. The zero-order valence-electron chi connectivity index (χ0n) is 22.1. The molecule has 39 heavy (non-hydrogen) atoms. The molecule has 1 N–H and O–H groups in total. The number of nitrogens with one attached hydrogen (secondary N) is 1. The van der Waals surface area contributed by atoms with Gasteiger partial charge in [0.15, 0.2) is 5.17 Å². The van der Waals surface area contributed by atoms with E-state index in [4.69, 9.17) is 11.6 Å². The summed E-state index contributed by atoms with van der Waals surface area (Å²) < 4.78 is 41.6. The van der Waals surface area contributed by atoms with Crippen molar-refractivity contribution in [2.75, 3.05) is 26.7 Å². The third-order valence-corrected chi connectivity index (χ3v) is 8.07. The Labute approximate surface area is 235 Å². The van der Waals surface area contributed by atoms with Gasteiger partial charge < -0.3 is 10.2 Å². The lowest BCUT2D eigenvalue weighted by Gasteiger charge is -2.28. The number of hydrogen-bond donors (Lipinski definition) is 1. The number of amidine groups is 1. The zero-order valence-corrected chi connectivity index (χ0v) is 23.6. The number of benzene rings is 2. The average molecular weight is 578 g/mol. The molecule has 1 aromatic heterocycles. The first kappa shape index (κ1) is 29.2. The van der Waals surface area contributed by atoms with Gasteiger partial charge in [-0.25, -0.2) is 0 Å². The molecule has 2 saturated heterocycles. The standard InChI is InChI=1S/C20H14ClF3N4OS.C8H17N/c1-25-19-27-18(29)17(30-19)7-11-2-5-16-13(6-11)9-26-28(16)10-12-3-4-14(21)8-15(12)20(22,23)24;1-3-9-6-4-8(2)5-7-9/h2-9H,10H2,1H3,(H,25,27,29);8H,3-7H2,1-2H3/b17-7-;. The highest BCUT2D eigenvalue weighted by molar-refractivity contribution is 8.18. The number of nitrogens with zero attached hydrogens (tertiary/aromatic N) is 4. The summed E-state index contributed by atoms with van der Waals surface area (Å²) in [7, 11) is 1.59. The first-order valence-corrected chi connectivity index (χ1v) is 14.0. The van der Waals surface area contributed by atoms with Crippen LogP contribution in [-0.4, -0.2) is 52.4 Å². The van der Waals surface area contributed by atoms with E-state index in [-0.39, 0.29) is 23.0 Å². The molecule has 5 rings (SSSR count). The number of amides is 1. The predicted octanol–water partition coefficient (Wildman–Crippen LogP) is 6.68.